The van der Waals surface area contributed by atoms with Crippen LogP contribution in [0.5, 0.6) is 0 Å². The monoisotopic (exact) mass is 303 g/mol. The fraction of sp³-hybridized carbons (Fsp3) is 0.417. The smallest absolute Gasteiger partial charge is 0.229 e. The first-order chi connectivity index (χ1) is 9.23. The lowest BCUT2D eigenvalue weighted by Gasteiger charge is -2.12. The third-order valence-electron chi connectivity index (χ3n) is 2.58. The Morgan fingerprint density at radius 3 is 2.65 bits per heavy atom. The maximum atomic E-state index is 13.5. The summed E-state index contributed by atoms with van der Waals surface area (Å²) in [6.07, 6.45) is 1.45. The summed E-state index contributed by atoms with van der Waals surface area (Å²) in [4.78, 5) is 11.8. The number of halogens is 1. The van der Waals surface area contributed by atoms with Crippen molar-refractivity contribution in [3.8, 4) is 0 Å². The van der Waals surface area contributed by atoms with Gasteiger partial charge in [0.15, 0.2) is 0 Å². The van der Waals surface area contributed by atoms with E-state index in [2.05, 4.69) is 5.32 Å². The van der Waals surface area contributed by atoms with Gasteiger partial charge in [0.25, 0.3) is 0 Å². The molecule has 112 valence electrons. The molecule has 0 bridgehead atoms. The minimum Gasteiger partial charge on any atom is -0.330 e. The van der Waals surface area contributed by atoms with Gasteiger partial charge in [-0.15, -0.1) is 0 Å². The van der Waals surface area contributed by atoms with Gasteiger partial charge in [0.05, 0.1) is 11.9 Å². The van der Waals surface area contributed by atoms with Crippen LogP contribution in [-0.4, -0.2) is 27.1 Å². The first kappa shape index (κ1) is 16.4. The van der Waals surface area contributed by atoms with Gasteiger partial charge in [-0.25, -0.2) is 12.8 Å². The summed E-state index contributed by atoms with van der Waals surface area (Å²) in [5.41, 5.74) is 5.47. The van der Waals surface area contributed by atoms with Crippen molar-refractivity contribution in [2.45, 2.75) is 13.3 Å². The van der Waals surface area contributed by atoms with Gasteiger partial charge in [-0.05, 0) is 31.2 Å². The van der Waals surface area contributed by atoms with E-state index in [4.69, 9.17) is 5.73 Å². The quantitative estimate of drug-likeness (QED) is 0.733. The highest BCUT2D eigenvalue weighted by atomic mass is 32.2. The zero-order valence-corrected chi connectivity index (χ0v) is 12.1. The molecule has 0 aliphatic carbocycles. The number of anilines is 2. The number of nitrogens with two attached hydrogens (primary N) is 1. The molecule has 0 fully saturated rings. The average Bonchev–Trinajstić information content (AvgIpc) is 2.32. The molecule has 1 atom stereocenters. The molecule has 4 N–H and O–H groups in total. The maximum Gasteiger partial charge on any atom is 0.229 e. The van der Waals surface area contributed by atoms with Gasteiger partial charge >= 0.3 is 0 Å². The molecule has 1 amide bonds. The number of nitrogens with one attached hydrogen (secondary N) is 2. The lowest BCUT2D eigenvalue weighted by Crippen LogP contribution is -2.22. The summed E-state index contributed by atoms with van der Waals surface area (Å²) in [7, 11) is -3.59. The molecular weight excluding hydrogens is 285 g/mol. The standard InChI is InChI=1S/C12H18FN3O3S/c1-8(5-6-14)12(17)15-9-3-4-10(13)11(7-9)16-20(2,18)19/h3-4,7-8,16H,5-6,14H2,1-2H3,(H,15,17). The molecule has 0 spiro atoms. The van der Waals surface area contributed by atoms with E-state index in [9.17, 15) is 17.6 Å². The fourth-order valence-corrected chi connectivity index (χ4v) is 2.08. The Hall–Kier alpha value is -1.67. The van der Waals surface area contributed by atoms with Crippen molar-refractivity contribution in [2.75, 3.05) is 22.8 Å². The predicted octanol–water partition coefficient (Wildman–Crippen LogP) is 1.12. The average molecular weight is 303 g/mol. The van der Waals surface area contributed by atoms with Crippen LogP contribution >= 0.6 is 0 Å². The molecule has 8 heteroatoms. The first-order valence-corrected chi connectivity index (χ1v) is 7.90. The number of hydrogen-bond donors (Lipinski definition) is 3. The first-order valence-electron chi connectivity index (χ1n) is 6.01. The largest absolute Gasteiger partial charge is 0.330 e. The van der Waals surface area contributed by atoms with Gasteiger partial charge in [0, 0.05) is 11.6 Å². The Bertz CT molecular complexity index is 590. The van der Waals surface area contributed by atoms with Crippen LogP contribution in [-0.2, 0) is 14.8 Å². The van der Waals surface area contributed by atoms with E-state index in [1.165, 1.54) is 12.1 Å². The number of rotatable bonds is 6. The summed E-state index contributed by atoms with van der Waals surface area (Å²) in [5.74, 6) is -1.26. The molecule has 0 saturated heterocycles. The number of sulfonamides is 1. The molecule has 0 aliphatic rings. The normalized spacial score (nSPS) is 12.8. The zero-order valence-electron chi connectivity index (χ0n) is 11.3. The molecule has 6 nitrogen and oxygen atoms in total. The summed E-state index contributed by atoms with van der Waals surface area (Å²) in [6.45, 7) is 2.11. The van der Waals surface area contributed by atoms with Crippen LogP contribution < -0.4 is 15.8 Å². The minimum atomic E-state index is -3.59. The predicted molar refractivity (Wildman–Crippen MR) is 76.3 cm³/mol. The van der Waals surface area contributed by atoms with Gasteiger partial charge in [-0.1, -0.05) is 6.92 Å². The van der Waals surface area contributed by atoms with Crippen LogP contribution in [0.3, 0.4) is 0 Å². The van der Waals surface area contributed by atoms with E-state index in [1.54, 1.807) is 6.92 Å². The number of amides is 1. The van der Waals surface area contributed by atoms with Gasteiger partial charge in [-0.3, -0.25) is 9.52 Å². The SMILES string of the molecule is CC(CCN)C(=O)Nc1ccc(F)c(NS(C)(=O)=O)c1. The molecule has 0 radical (unpaired) electrons. The van der Waals surface area contributed by atoms with Crippen molar-refractivity contribution in [2.24, 2.45) is 11.7 Å². The molecule has 1 rings (SSSR count). The second-order valence-corrected chi connectivity index (χ2v) is 6.28. The number of hydrogen-bond acceptors (Lipinski definition) is 4. The topological polar surface area (TPSA) is 101 Å². The van der Waals surface area contributed by atoms with Crippen molar-refractivity contribution >= 4 is 27.3 Å². The van der Waals surface area contributed by atoms with Crippen molar-refractivity contribution < 1.29 is 17.6 Å². The van der Waals surface area contributed by atoms with E-state index in [1.807, 2.05) is 4.72 Å². The number of benzene rings is 1. The second-order valence-electron chi connectivity index (χ2n) is 4.54. The van der Waals surface area contributed by atoms with Gasteiger partial charge < -0.3 is 11.1 Å². The van der Waals surface area contributed by atoms with Gasteiger partial charge in [-0.2, -0.15) is 0 Å². The highest BCUT2D eigenvalue weighted by molar-refractivity contribution is 7.92. The highest BCUT2D eigenvalue weighted by Crippen LogP contribution is 2.21. The third kappa shape index (κ3) is 5.14. The van der Waals surface area contributed by atoms with Crippen molar-refractivity contribution in [3.63, 3.8) is 0 Å². The second kappa shape index (κ2) is 6.67. The van der Waals surface area contributed by atoms with Crippen molar-refractivity contribution in [1.29, 1.82) is 0 Å². The lowest BCUT2D eigenvalue weighted by molar-refractivity contribution is -0.119. The molecular formula is C12H18FN3O3S. The molecule has 20 heavy (non-hydrogen) atoms. The van der Waals surface area contributed by atoms with E-state index < -0.39 is 15.8 Å². The molecule has 1 aromatic rings. The Labute approximate surface area is 117 Å². The Morgan fingerprint density at radius 1 is 1.45 bits per heavy atom. The molecule has 1 unspecified atom stereocenters. The van der Waals surface area contributed by atoms with Crippen LogP contribution in [0, 0.1) is 11.7 Å². The molecule has 0 aliphatic heterocycles. The van der Waals surface area contributed by atoms with Crippen LogP contribution in [0.2, 0.25) is 0 Å². The molecule has 0 aromatic heterocycles. The van der Waals surface area contributed by atoms with E-state index in [-0.39, 0.29) is 17.5 Å². The summed E-state index contributed by atoms with van der Waals surface area (Å²) in [6, 6.07) is 3.66. The van der Waals surface area contributed by atoms with Crippen LogP contribution in [0.15, 0.2) is 18.2 Å². The Balaban J connectivity index is 2.87. The van der Waals surface area contributed by atoms with E-state index in [0.29, 0.717) is 18.7 Å². The molecule has 0 saturated carbocycles. The zero-order chi connectivity index (χ0) is 15.3. The van der Waals surface area contributed by atoms with Crippen LogP contribution in [0.4, 0.5) is 15.8 Å². The number of carbonyl (C=O) groups is 1. The summed E-state index contributed by atoms with van der Waals surface area (Å²) < 4.78 is 37.7. The highest BCUT2D eigenvalue weighted by Gasteiger charge is 2.14. The fourth-order valence-electron chi connectivity index (χ4n) is 1.53. The van der Waals surface area contributed by atoms with E-state index in [0.717, 1.165) is 12.3 Å². The molecule has 0 heterocycles. The molecule has 1 aromatic carbocycles. The van der Waals surface area contributed by atoms with Gasteiger partial charge in [0.2, 0.25) is 15.9 Å². The third-order valence-corrected chi connectivity index (χ3v) is 3.17. The van der Waals surface area contributed by atoms with Gasteiger partial charge in [0.1, 0.15) is 5.82 Å². The summed E-state index contributed by atoms with van der Waals surface area (Å²) in [5, 5.41) is 2.58. The van der Waals surface area contributed by atoms with Crippen LogP contribution in [0.1, 0.15) is 13.3 Å². The maximum absolute atomic E-state index is 13.5. The van der Waals surface area contributed by atoms with Crippen molar-refractivity contribution in [3.05, 3.63) is 24.0 Å². The number of carbonyl (C=O) groups excluding carboxylic acids is 1. The van der Waals surface area contributed by atoms with E-state index >= 15 is 0 Å². The Morgan fingerprint density at radius 2 is 2.10 bits per heavy atom. The van der Waals surface area contributed by atoms with Crippen molar-refractivity contribution in [1.82, 2.24) is 0 Å². The minimum absolute atomic E-state index is 0.211. The lowest BCUT2D eigenvalue weighted by atomic mass is 10.1. The summed E-state index contributed by atoms with van der Waals surface area (Å²) >= 11 is 0. The van der Waals surface area contributed by atoms with Crippen LogP contribution in [0.25, 0.3) is 0 Å². The Kier molecular flexibility index (Phi) is 5.46.